The zero-order chi connectivity index (χ0) is 24.1. The molecule has 168 valence electrons. The Kier molecular flexibility index (Phi) is 5.15. The van der Waals surface area contributed by atoms with Crippen molar-refractivity contribution in [3.05, 3.63) is 92.3 Å². The van der Waals surface area contributed by atoms with Crippen LogP contribution in [-0.4, -0.2) is 21.5 Å². The molecule has 34 heavy (non-hydrogen) atoms. The summed E-state index contributed by atoms with van der Waals surface area (Å²) in [7, 11) is 0. The number of anilines is 1. The average Bonchev–Trinajstić information content (AvgIpc) is 3.19. The molecule has 2 aromatic heterocycles. The predicted molar refractivity (Wildman–Crippen MR) is 120 cm³/mol. The van der Waals surface area contributed by atoms with Gasteiger partial charge in [-0.25, -0.2) is 13.2 Å². The highest BCUT2D eigenvalue weighted by molar-refractivity contribution is 6.31. The summed E-state index contributed by atoms with van der Waals surface area (Å²) < 4.78 is 44.0. The number of halogens is 4. The van der Waals surface area contributed by atoms with E-state index in [-0.39, 0.29) is 40.2 Å². The number of fused-ring (bicyclic) bond motifs is 3. The molecule has 0 saturated heterocycles. The molecule has 1 aliphatic heterocycles. The van der Waals surface area contributed by atoms with Crippen LogP contribution in [0.4, 0.5) is 24.9 Å². The van der Waals surface area contributed by atoms with Gasteiger partial charge in [-0.3, -0.25) is 0 Å². The van der Waals surface area contributed by atoms with E-state index in [1.165, 1.54) is 37.3 Å². The number of hydrogen-bond donors (Lipinski definition) is 1. The quantitative estimate of drug-likeness (QED) is 0.363. The number of aromatic amines is 1. The van der Waals surface area contributed by atoms with E-state index < -0.39 is 23.5 Å². The van der Waals surface area contributed by atoms with E-state index in [1.807, 2.05) is 6.07 Å². The second kappa shape index (κ2) is 8.05. The number of hydrogen-bond acceptors (Lipinski definition) is 4. The molecule has 1 aliphatic rings. The van der Waals surface area contributed by atoms with Gasteiger partial charge in [-0.15, -0.1) is 0 Å². The maximum absolute atomic E-state index is 15.3. The van der Waals surface area contributed by atoms with Gasteiger partial charge in [0.05, 0.1) is 5.02 Å². The number of nitrogens with one attached hydrogen (secondary N) is 1. The van der Waals surface area contributed by atoms with E-state index in [0.717, 1.165) is 5.56 Å². The molecule has 0 spiro atoms. The largest absolute Gasteiger partial charge is 0.360 e. The van der Waals surface area contributed by atoms with Gasteiger partial charge in [0, 0.05) is 34.8 Å². The molecule has 0 aliphatic carbocycles. The van der Waals surface area contributed by atoms with E-state index in [2.05, 4.69) is 19.8 Å². The van der Waals surface area contributed by atoms with Crippen molar-refractivity contribution < 1.29 is 13.2 Å². The summed E-state index contributed by atoms with van der Waals surface area (Å²) in [5.41, 5.74) is 1.87. The summed E-state index contributed by atoms with van der Waals surface area (Å²) in [6, 6.07) is 7.92. The van der Waals surface area contributed by atoms with Crippen molar-refractivity contribution in [3.63, 3.8) is 0 Å². The van der Waals surface area contributed by atoms with Crippen molar-refractivity contribution >= 4 is 34.3 Å². The van der Waals surface area contributed by atoms with Crippen molar-refractivity contribution in [3.8, 4) is 6.07 Å². The first kappa shape index (κ1) is 21.7. The number of aromatic nitrogens is 3. The number of H-pyrrole nitrogens is 1. The second-order valence-corrected chi connectivity index (χ2v) is 8.32. The van der Waals surface area contributed by atoms with Crippen LogP contribution in [0.25, 0.3) is 15.7 Å². The summed E-state index contributed by atoms with van der Waals surface area (Å²) in [5, 5.41) is 9.98. The third-order valence-corrected chi connectivity index (χ3v) is 6.24. The molecule has 0 fully saturated rings. The highest BCUT2D eigenvalue weighted by Crippen LogP contribution is 2.42. The summed E-state index contributed by atoms with van der Waals surface area (Å²) >= 11 is 6.01. The molecule has 3 heterocycles. The predicted octanol–water partition coefficient (Wildman–Crippen LogP) is 5.91. The van der Waals surface area contributed by atoms with Gasteiger partial charge in [0.2, 0.25) is 0 Å². The molecular formula is C24H14ClF3N6. The minimum atomic E-state index is -1.03. The third kappa shape index (κ3) is 3.33. The molecule has 4 aromatic rings. The average molecular weight is 479 g/mol. The highest BCUT2D eigenvalue weighted by Gasteiger charge is 2.37. The van der Waals surface area contributed by atoms with Gasteiger partial charge in [0.15, 0.2) is 11.6 Å². The van der Waals surface area contributed by atoms with Gasteiger partial charge < -0.3 is 14.7 Å². The van der Waals surface area contributed by atoms with Crippen molar-refractivity contribution in [2.45, 2.75) is 19.4 Å². The fourth-order valence-corrected chi connectivity index (χ4v) is 4.53. The molecule has 0 radical (unpaired) electrons. The first-order valence-electron chi connectivity index (χ1n) is 10.2. The van der Waals surface area contributed by atoms with Crippen LogP contribution in [0.1, 0.15) is 34.1 Å². The summed E-state index contributed by atoms with van der Waals surface area (Å²) in [6.45, 7) is 9.02. The Bertz CT molecular complexity index is 1530. The molecule has 0 amide bonds. The van der Waals surface area contributed by atoms with Gasteiger partial charge in [-0.05, 0) is 36.6 Å². The first-order valence-corrected chi connectivity index (χ1v) is 10.6. The van der Waals surface area contributed by atoms with Gasteiger partial charge in [-0.1, -0.05) is 35.3 Å². The number of nitriles is 1. The van der Waals surface area contributed by atoms with E-state index in [0.29, 0.717) is 23.0 Å². The second-order valence-electron chi connectivity index (χ2n) is 7.91. The van der Waals surface area contributed by atoms with Gasteiger partial charge in [-0.2, -0.15) is 10.2 Å². The number of benzene rings is 2. The molecule has 0 bridgehead atoms. The fourth-order valence-electron chi connectivity index (χ4n) is 4.36. The Morgan fingerprint density at radius 3 is 2.74 bits per heavy atom. The minimum Gasteiger partial charge on any atom is -0.360 e. The lowest BCUT2D eigenvalue weighted by molar-refractivity contribution is 0.481. The van der Waals surface area contributed by atoms with Gasteiger partial charge in [0.25, 0.3) is 5.82 Å². The normalized spacial score (nSPS) is 15.1. The number of aryl methyl sites for hydroxylation is 1. The summed E-state index contributed by atoms with van der Waals surface area (Å²) in [6.07, 6.45) is 0.428. The molecule has 1 atom stereocenters. The zero-order valence-electron chi connectivity index (χ0n) is 17.6. The van der Waals surface area contributed by atoms with Crippen LogP contribution < -0.4 is 4.90 Å². The standard InChI is InChI=1S/C24H14ClF3N6/c1-11-3-4-14(21(28)20(11)27)23-22-13(15-8-16(25)17(26)9-18(15)32-22)5-6-34(23)24-31-12(10-29)7-19(30-2)33-24/h3-4,7-9,23,32H,5-6H2,1H3. The molecule has 2 aromatic carbocycles. The van der Waals surface area contributed by atoms with Gasteiger partial charge >= 0.3 is 5.95 Å². The molecule has 5 rings (SSSR count). The smallest absolute Gasteiger partial charge is 0.324 e. The van der Waals surface area contributed by atoms with Crippen LogP contribution in [0.3, 0.4) is 0 Å². The van der Waals surface area contributed by atoms with Crippen LogP contribution in [-0.2, 0) is 6.42 Å². The van der Waals surface area contributed by atoms with Crippen LogP contribution in [0.2, 0.25) is 5.02 Å². The molecule has 0 saturated carbocycles. The van der Waals surface area contributed by atoms with E-state index in [9.17, 15) is 14.0 Å². The third-order valence-electron chi connectivity index (χ3n) is 5.95. The Morgan fingerprint density at radius 1 is 1.21 bits per heavy atom. The molecule has 1 unspecified atom stereocenters. The van der Waals surface area contributed by atoms with Crippen LogP contribution in [0, 0.1) is 42.3 Å². The zero-order valence-corrected chi connectivity index (χ0v) is 18.4. The topological polar surface area (TPSA) is 73.0 Å². The molecule has 6 nitrogen and oxygen atoms in total. The SMILES string of the molecule is [C-]#[N+]c1cc(C#N)nc(N2CCc3c([nH]c4cc(F)c(Cl)cc34)C2c2ccc(C)c(F)c2F)n1. The lowest BCUT2D eigenvalue weighted by Crippen LogP contribution is -2.38. The summed E-state index contributed by atoms with van der Waals surface area (Å²) in [5.74, 6) is -2.65. The Hall–Kier alpha value is -4.08. The van der Waals surface area contributed by atoms with Crippen molar-refractivity contribution in [1.82, 2.24) is 15.0 Å². The van der Waals surface area contributed by atoms with E-state index >= 15 is 4.39 Å². The molecular weight excluding hydrogens is 465 g/mol. The maximum Gasteiger partial charge on any atom is 0.324 e. The number of rotatable bonds is 2. The Labute approximate surface area is 197 Å². The van der Waals surface area contributed by atoms with Crippen LogP contribution in [0.15, 0.2) is 30.3 Å². The van der Waals surface area contributed by atoms with Crippen molar-refractivity contribution in [1.29, 1.82) is 5.26 Å². The summed E-state index contributed by atoms with van der Waals surface area (Å²) in [4.78, 5) is 16.5. The molecule has 10 heteroatoms. The lowest BCUT2D eigenvalue weighted by atomic mass is 9.91. The Morgan fingerprint density at radius 2 is 2.00 bits per heavy atom. The van der Waals surface area contributed by atoms with Crippen molar-refractivity contribution in [2.75, 3.05) is 11.4 Å². The van der Waals surface area contributed by atoms with Crippen molar-refractivity contribution in [2.24, 2.45) is 0 Å². The maximum atomic E-state index is 15.3. The highest BCUT2D eigenvalue weighted by atomic mass is 35.5. The van der Waals surface area contributed by atoms with E-state index in [1.54, 1.807) is 4.90 Å². The fraction of sp³-hybridized carbons (Fsp3) is 0.167. The number of nitrogens with zero attached hydrogens (tertiary/aromatic N) is 5. The monoisotopic (exact) mass is 478 g/mol. The van der Waals surface area contributed by atoms with Crippen LogP contribution in [0.5, 0.6) is 0 Å². The minimum absolute atomic E-state index is 0.0116. The Balaban J connectivity index is 1.79. The lowest BCUT2D eigenvalue weighted by Gasteiger charge is -2.35. The van der Waals surface area contributed by atoms with E-state index in [4.69, 9.17) is 18.2 Å². The first-order chi connectivity index (χ1) is 16.3. The molecule has 1 N–H and O–H groups in total. The van der Waals surface area contributed by atoms with Gasteiger partial charge in [0.1, 0.15) is 23.6 Å². The van der Waals surface area contributed by atoms with Crippen LogP contribution >= 0.6 is 11.6 Å².